The lowest BCUT2D eigenvalue weighted by molar-refractivity contribution is 0.0274. The first-order chi connectivity index (χ1) is 10.3. The Bertz CT molecular complexity index is 595. The Morgan fingerprint density at radius 2 is 2.00 bits per heavy atom. The number of ether oxygens (including phenoxy) is 1. The second kappa shape index (κ2) is 6.17. The Morgan fingerprint density at radius 3 is 2.71 bits per heavy atom. The third-order valence-electron chi connectivity index (χ3n) is 3.96. The van der Waals surface area contributed by atoms with Crippen molar-refractivity contribution in [1.29, 1.82) is 0 Å². The van der Waals surface area contributed by atoms with E-state index >= 15 is 0 Å². The van der Waals surface area contributed by atoms with Crippen LogP contribution in [0.15, 0.2) is 16.9 Å². The van der Waals surface area contributed by atoms with Crippen LogP contribution in [0.4, 0.5) is 5.82 Å². The van der Waals surface area contributed by atoms with Gasteiger partial charge in [-0.1, -0.05) is 24.4 Å². The van der Waals surface area contributed by atoms with Crippen LogP contribution in [-0.2, 0) is 4.74 Å². The molecule has 1 aliphatic rings. The molecule has 0 bridgehead atoms. The van der Waals surface area contributed by atoms with Crippen molar-refractivity contribution in [2.45, 2.75) is 38.2 Å². The average Bonchev–Trinajstić information content (AvgIpc) is 2.99. The molecule has 0 aliphatic heterocycles. The highest BCUT2D eigenvalue weighted by atomic mass is 16.5. The van der Waals surface area contributed by atoms with Gasteiger partial charge in [0.2, 0.25) is 5.82 Å². The fraction of sp³-hybridized carbons (Fsp3) is 0.571. The minimum Gasteiger partial charge on any atom is -0.382 e. The maximum atomic E-state index is 5.78. The number of anilines is 1. The van der Waals surface area contributed by atoms with Gasteiger partial charge in [0.25, 0.3) is 5.89 Å². The zero-order valence-corrected chi connectivity index (χ0v) is 12.0. The molecule has 2 heterocycles. The lowest BCUT2D eigenvalue weighted by Crippen LogP contribution is -2.19. The summed E-state index contributed by atoms with van der Waals surface area (Å²) in [5, 5.41) is 4.05. The van der Waals surface area contributed by atoms with Gasteiger partial charge in [-0.3, -0.25) is 0 Å². The average molecular weight is 289 g/mol. The zero-order valence-electron chi connectivity index (χ0n) is 12.0. The van der Waals surface area contributed by atoms with E-state index in [1.165, 1.54) is 25.5 Å². The fourth-order valence-electron chi connectivity index (χ4n) is 2.91. The van der Waals surface area contributed by atoms with Crippen molar-refractivity contribution in [1.82, 2.24) is 20.1 Å². The molecule has 7 heteroatoms. The Kier molecular flexibility index (Phi) is 4.10. The van der Waals surface area contributed by atoms with Crippen LogP contribution in [0.5, 0.6) is 0 Å². The summed E-state index contributed by atoms with van der Waals surface area (Å²) in [7, 11) is 1.69. The topological polar surface area (TPSA) is 100.0 Å². The number of hydrogen-bond acceptors (Lipinski definition) is 7. The minimum atomic E-state index is -0.138. The minimum absolute atomic E-state index is 0.138. The van der Waals surface area contributed by atoms with Gasteiger partial charge in [0.05, 0.1) is 0 Å². The molecule has 7 nitrogen and oxygen atoms in total. The summed E-state index contributed by atoms with van der Waals surface area (Å²) in [6.07, 6.45) is 8.95. The van der Waals surface area contributed by atoms with E-state index < -0.39 is 0 Å². The monoisotopic (exact) mass is 289 g/mol. The molecule has 1 saturated carbocycles. The van der Waals surface area contributed by atoms with Crippen molar-refractivity contribution in [2.75, 3.05) is 12.8 Å². The van der Waals surface area contributed by atoms with Crippen LogP contribution in [0, 0.1) is 5.92 Å². The fourth-order valence-corrected chi connectivity index (χ4v) is 2.91. The molecule has 1 unspecified atom stereocenters. The molecule has 0 amide bonds. The van der Waals surface area contributed by atoms with E-state index in [0.717, 1.165) is 12.8 Å². The molecular formula is C14H19N5O2. The van der Waals surface area contributed by atoms with Crippen molar-refractivity contribution in [3.05, 3.63) is 18.2 Å². The van der Waals surface area contributed by atoms with Gasteiger partial charge in [-0.05, 0) is 18.8 Å². The van der Waals surface area contributed by atoms with E-state index in [4.69, 9.17) is 15.0 Å². The molecule has 0 spiro atoms. The van der Waals surface area contributed by atoms with Crippen molar-refractivity contribution in [2.24, 2.45) is 5.92 Å². The smallest absolute Gasteiger partial charge is 0.280 e. The van der Waals surface area contributed by atoms with Crippen molar-refractivity contribution >= 4 is 5.82 Å². The standard InChI is InChI=1S/C14H19N5O2/c1-20-11(9-5-3-2-4-6-9)13-18-14(21-19-13)10-12(15)17-8-7-16-10/h7-9,11H,2-6H2,1H3,(H2,15,17). The normalized spacial score (nSPS) is 17.8. The lowest BCUT2D eigenvalue weighted by atomic mass is 9.85. The van der Waals surface area contributed by atoms with Crippen LogP contribution in [0.3, 0.4) is 0 Å². The van der Waals surface area contributed by atoms with Gasteiger partial charge in [0.1, 0.15) is 6.10 Å². The maximum Gasteiger partial charge on any atom is 0.280 e. The van der Waals surface area contributed by atoms with Crippen LogP contribution >= 0.6 is 0 Å². The van der Waals surface area contributed by atoms with Crippen molar-refractivity contribution in [3.8, 4) is 11.6 Å². The quantitative estimate of drug-likeness (QED) is 0.922. The number of aromatic nitrogens is 4. The summed E-state index contributed by atoms with van der Waals surface area (Å²) >= 11 is 0. The molecule has 0 aromatic carbocycles. The third kappa shape index (κ3) is 2.87. The number of nitrogens with zero attached hydrogens (tertiary/aromatic N) is 4. The Balaban J connectivity index is 1.84. The van der Waals surface area contributed by atoms with E-state index in [0.29, 0.717) is 17.4 Å². The van der Waals surface area contributed by atoms with Gasteiger partial charge >= 0.3 is 0 Å². The predicted molar refractivity (Wildman–Crippen MR) is 76.1 cm³/mol. The molecule has 0 saturated heterocycles. The summed E-state index contributed by atoms with van der Waals surface area (Å²) in [5.41, 5.74) is 6.19. The molecule has 1 aliphatic carbocycles. The molecular weight excluding hydrogens is 270 g/mol. The van der Waals surface area contributed by atoms with Gasteiger partial charge in [0.15, 0.2) is 11.5 Å². The lowest BCUT2D eigenvalue weighted by Gasteiger charge is -2.26. The number of methoxy groups -OCH3 is 1. The van der Waals surface area contributed by atoms with E-state index in [1.54, 1.807) is 13.3 Å². The molecule has 3 rings (SSSR count). The largest absolute Gasteiger partial charge is 0.382 e. The first-order valence-electron chi connectivity index (χ1n) is 7.23. The number of rotatable bonds is 4. The van der Waals surface area contributed by atoms with Crippen molar-refractivity contribution in [3.63, 3.8) is 0 Å². The van der Waals surface area contributed by atoms with Crippen LogP contribution in [0.1, 0.15) is 44.0 Å². The van der Waals surface area contributed by atoms with Crippen LogP contribution in [0.2, 0.25) is 0 Å². The highest BCUT2D eigenvalue weighted by Gasteiger charge is 2.29. The van der Waals surface area contributed by atoms with E-state index in [1.807, 2.05) is 0 Å². The van der Waals surface area contributed by atoms with Gasteiger partial charge < -0.3 is 15.0 Å². The summed E-state index contributed by atoms with van der Waals surface area (Å²) in [4.78, 5) is 12.5. The molecule has 2 N–H and O–H groups in total. The maximum absolute atomic E-state index is 5.78. The van der Waals surface area contributed by atoms with Gasteiger partial charge in [-0.25, -0.2) is 9.97 Å². The molecule has 0 radical (unpaired) electrons. The summed E-state index contributed by atoms with van der Waals surface area (Å²) in [5.74, 6) is 1.56. The third-order valence-corrected chi connectivity index (χ3v) is 3.96. The van der Waals surface area contributed by atoms with E-state index in [9.17, 15) is 0 Å². The molecule has 1 fully saturated rings. The second-order valence-corrected chi connectivity index (χ2v) is 5.30. The SMILES string of the molecule is COC(c1noc(-c2nccnc2N)n1)C1CCCCC1. The van der Waals surface area contributed by atoms with Gasteiger partial charge in [-0.15, -0.1) is 0 Å². The summed E-state index contributed by atoms with van der Waals surface area (Å²) < 4.78 is 10.9. The second-order valence-electron chi connectivity index (χ2n) is 5.30. The molecule has 2 aromatic rings. The number of hydrogen-bond donors (Lipinski definition) is 1. The van der Waals surface area contributed by atoms with Gasteiger partial charge in [-0.2, -0.15) is 4.98 Å². The Morgan fingerprint density at radius 1 is 1.24 bits per heavy atom. The first-order valence-corrected chi connectivity index (χ1v) is 7.23. The summed E-state index contributed by atoms with van der Waals surface area (Å²) in [6, 6.07) is 0. The highest BCUT2D eigenvalue weighted by Crippen LogP contribution is 2.36. The number of nitrogen functional groups attached to an aromatic ring is 1. The first kappa shape index (κ1) is 13.9. The zero-order chi connectivity index (χ0) is 14.7. The molecule has 112 valence electrons. The van der Waals surface area contributed by atoms with E-state index in [-0.39, 0.29) is 17.8 Å². The Hall–Kier alpha value is -2.02. The van der Waals surface area contributed by atoms with Crippen molar-refractivity contribution < 1.29 is 9.26 Å². The summed E-state index contributed by atoms with van der Waals surface area (Å²) in [6.45, 7) is 0. The predicted octanol–water partition coefficient (Wildman–Crippen LogP) is 2.38. The molecule has 21 heavy (non-hydrogen) atoms. The van der Waals surface area contributed by atoms with Crippen LogP contribution in [-0.4, -0.2) is 27.2 Å². The highest BCUT2D eigenvalue weighted by molar-refractivity contribution is 5.61. The molecule has 1 atom stereocenters. The van der Waals surface area contributed by atoms with Crippen LogP contribution < -0.4 is 5.73 Å². The molecule has 2 aromatic heterocycles. The van der Waals surface area contributed by atoms with Gasteiger partial charge in [0, 0.05) is 19.5 Å². The van der Waals surface area contributed by atoms with E-state index in [2.05, 4.69) is 20.1 Å². The van der Waals surface area contributed by atoms with Crippen LogP contribution in [0.25, 0.3) is 11.6 Å². The Labute approximate surface area is 122 Å². The number of nitrogens with two attached hydrogens (primary N) is 1.